The highest BCUT2D eigenvalue weighted by Gasteiger charge is 2.12. The highest BCUT2D eigenvalue weighted by molar-refractivity contribution is 6.33. The molecule has 0 atom stereocenters. The second-order valence-electron chi connectivity index (χ2n) is 5.65. The standard InChI is InChI=1S/C20H15ClN2O4/c1-27-20(26)15-11-14(7-8-16(15)21)22-18(24)9-6-13-10-12-4-2-3-5-17(12)23-19(13)25/h2-11H,1H3,(H,22,24)(H,23,25)/b9-6+. The van der Waals surface area contributed by atoms with Gasteiger partial charge in [0.1, 0.15) is 0 Å². The average Bonchev–Trinajstić information content (AvgIpc) is 2.67. The topological polar surface area (TPSA) is 88.3 Å². The minimum absolute atomic E-state index is 0.145. The third-order valence-electron chi connectivity index (χ3n) is 3.84. The van der Waals surface area contributed by atoms with Gasteiger partial charge in [0.15, 0.2) is 0 Å². The zero-order chi connectivity index (χ0) is 19.4. The molecule has 2 aromatic carbocycles. The van der Waals surface area contributed by atoms with Crippen LogP contribution in [0.1, 0.15) is 15.9 Å². The molecule has 0 radical (unpaired) electrons. The highest BCUT2D eigenvalue weighted by atomic mass is 35.5. The first kappa shape index (κ1) is 18.4. The number of halogens is 1. The van der Waals surface area contributed by atoms with Gasteiger partial charge in [0, 0.05) is 22.8 Å². The highest BCUT2D eigenvalue weighted by Crippen LogP contribution is 2.21. The van der Waals surface area contributed by atoms with Crippen molar-refractivity contribution in [1.29, 1.82) is 0 Å². The van der Waals surface area contributed by atoms with Crippen LogP contribution in [0.4, 0.5) is 5.69 Å². The predicted octanol–water partition coefficient (Wildman–Crippen LogP) is 3.62. The molecule has 0 saturated carbocycles. The maximum Gasteiger partial charge on any atom is 0.339 e. The molecule has 6 nitrogen and oxygen atoms in total. The lowest BCUT2D eigenvalue weighted by Gasteiger charge is -2.06. The number of benzene rings is 2. The number of fused-ring (bicyclic) bond motifs is 1. The predicted molar refractivity (Wildman–Crippen MR) is 105 cm³/mol. The van der Waals surface area contributed by atoms with Gasteiger partial charge in [0.05, 0.1) is 17.7 Å². The Labute approximate surface area is 159 Å². The molecule has 0 aliphatic heterocycles. The maximum atomic E-state index is 12.1. The molecular weight excluding hydrogens is 368 g/mol. The monoisotopic (exact) mass is 382 g/mol. The van der Waals surface area contributed by atoms with Crippen molar-refractivity contribution in [2.75, 3.05) is 12.4 Å². The summed E-state index contributed by atoms with van der Waals surface area (Å²) >= 11 is 5.95. The number of rotatable bonds is 4. The molecular formula is C20H15ClN2O4. The van der Waals surface area contributed by atoms with E-state index in [1.54, 1.807) is 18.2 Å². The number of methoxy groups -OCH3 is 1. The number of H-pyrrole nitrogens is 1. The van der Waals surface area contributed by atoms with Gasteiger partial charge in [-0.05, 0) is 41.8 Å². The van der Waals surface area contributed by atoms with Gasteiger partial charge < -0.3 is 15.0 Å². The lowest BCUT2D eigenvalue weighted by atomic mass is 10.1. The van der Waals surface area contributed by atoms with Crippen molar-refractivity contribution in [3.05, 3.63) is 81.1 Å². The van der Waals surface area contributed by atoms with Gasteiger partial charge in [-0.1, -0.05) is 29.8 Å². The lowest BCUT2D eigenvalue weighted by molar-refractivity contribution is -0.111. The number of para-hydroxylation sites is 1. The summed E-state index contributed by atoms with van der Waals surface area (Å²) in [5.41, 5.74) is 1.31. The van der Waals surface area contributed by atoms with Gasteiger partial charge in [-0.2, -0.15) is 0 Å². The third-order valence-corrected chi connectivity index (χ3v) is 4.17. The molecule has 7 heteroatoms. The first-order valence-electron chi connectivity index (χ1n) is 7.97. The molecule has 0 spiro atoms. The SMILES string of the molecule is COC(=O)c1cc(NC(=O)/C=C/c2cc3ccccc3[nH]c2=O)ccc1Cl. The van der Waals surface area contributed by atoms with Crippen LogP contribution in [0, 0.1) is 0 Å². The summed E-state index contributed by atoms with van der Waals surface area (Å²) in [4.78, 5) is 38.6. The van der Waals surface area contributed by atoms with E-state index in [4.69, 9.17) is 11.6 Å². The van der Waals surface area contributed by atoms with E-state index >= 15 is 0 Å². The van der Waals surface area contributed by atoms with E-state index in [1.165, 1.54) is 31.4 Å². The van der Waals surface area contributed by atoms with Crippen molar-refractivity contribution < 1.29 is 14.3 Å². The fourth-order valence-corrected chi connectivity index (χ4v) is 2.70. The van der Waals surface area contributed by atoms with Crippen LogP contribution < -0.4 is 10.9 Å². The Balaban J connectivity index is 1.79. The molecule has 2 N–H and O–H groups in total. The smallest absolute Gasteiger partial charge is 0.339 e. The van der Waals surface area contributed by atoms with E-state index in [0.29, 0.717) is 11.3 Å². The van der Waals surface area contributed by atoms with Crippen LogP contribution in [-0.2, 0) is 9.53 Å². The summed E-state index contributed by atoms with van der Waals surface area (Å²) in [6, 6.07) is 13.5. The molecule has 0 bridgehead atoms. The Bertz CT molecular complexity index is 1120. The van der Waals surface area contributed by atoms with Crippen LogP contribution in [0.2, 0.25) is 5.02 Å². The normalized spacial score (nSPS) is 10.9. The molecule has 1 heterocycles. The molecule has 27 heavy (non-hydrogen) atoms. The molecule has 3 aromatic rings. The number of pyridine rings is 1. The maximum absolute atomic E-state index is 12.1. The summed E-state index contributed by atoms with van der Waals surface area (Å²) < 4.78 is 4.64. The lowest BCUT2D eigenvalue weighted by Crippen LogP contribution is -2.11. The van der Waals surface area contributed by atoms with Crippen LogP contribution in [0.5, 0.6) is 0 Å². The number of aromatic nitrogens is 1. The fraction of sp³-hybridized carbons (Fsp3) is 0.0500. The number of carbonyl (C=O) groups is 2. The number of hydrogen-bond donors (Lipinski definition) is 2. The summed E-state index contributed by atoms with van der Waals surface area (Å²) in [6.45, 7) is 0. The molecule has 0 aliphatic carbocycles. The van der Waals surface area contributed by atoms with Gasteiger partial charge in [0.25, 0.3) is 5.56 Å². The number of esters is 1. The Morgan fingerprint density at radius 2 is 1.93 bits per heavy atom. The second kappa shape index (κ2) is 7.88. The number of carbonyl (C=O) groups excluding carboxylic acids is 2. The Kier molecular flexibility index (Phi) is 5.38. The summed E-state index contributed by atoms with van der Waals surface area (Å²) in [5.74, 6) is -1.06. The molecule has 1 aromatic heterocycles. The molecule has 3 rings (SSSR count). The van der Waals surface area contributed by atoms with Crippen molar-refractivity contribution >= 4 is 46.1 Å². The van der Waals surface area contributed by atoms with Gasteiger partial charge in [-0.3, -0.25) is 9.59 Å². The Hall–Kier alpha value is -3.38. The second-order valence-corrected chi connectivity index (χ2v) is 6.06. The number of aromatic amines is 1. The van der Waals surface area contributed by atoms with E-state index in [0.717, 1.165) is 10.9 Å². The first-order valence-corrected chi connectivity index (χ1v) is 8.35. The zero-order valence-electron chi connectivity index (χ0n) is 14.3. The largest absolute Gasteiger partial charge is 0.465 e. The third kappa shape index (κ3) is 4.24. The zero-order valence-corrected chi connectivity index (χ0v) is 15.0. The van der Waals surface area contributed by atoms with Crippen molar-refractivity contribution in [3.63, 3.8) is 0 Å². The molecule has 0 fully saturated rings. The first-order chi connectivity index (χ1) is 13.0. The van der Waals surface area contributed by atoms with Crippen LogP contribution in [0.25, 0.3) is 17.0 Å². The molecule has 0 unspecified atom stereocenters. The number of amides is 1. The minimum Gasteiger partial charge on any atom is -0.465 e. The van der Waals surface area contributed by atoms with Crippen molar-refractivity contribution in [3.8, 4) is 0 Å². The van der Waals surface area contributed by atoms with E-state index in [9.17, 15) is 14.4 Å². The fourth-order valence-electron chi connectivity index (χ4n) is 2.51. The van der Waals surface area contributed by atoms with Gasteiger partial charge in [0.2, 0.25) is 5.91 Å². The number of ether oxygens (including phenoxy) is 1. The summed E-state index contributed by atoms with van der Waals surface area (Å²) in [5, 5.41) is 3.69. The van der Waals surface area contributed by atoms with E-state index < -0.39 is 11.9 Å². The van der Waals surface area contributed by atoms with E-state index in [2.05, 4.69) is 15.0 Å². The van der Waals surface area contributed by atoms with Crippen LogP contribution in [-0.4, -0.2) is 24.0 Å². The van der Waals surface area contributed by atoms with Crippen LogP contribution in [0.3, 0.4) is 0 Å². The van der Waals surface area contributed by atoms with Crippen LogP contribution in [0.15, 0.2) is 59.4 Å². The summed E-state index contributed by atoms with van der Waals surface area (Å²) in [6.07, 6.45) is 2.67. The Morgan fingerprint density at radius 1 is 1.15 bits per heavy atom. The average molecular weight is 383 g/mol. The molecule has 0 saturated heterocycles. The number of nitrogens with one attached hydrogen (secondary N) is 2. The number of anilines is 1. The molecule has 136 valence electrons. The quantitative estimate of drug-likeness (QED) is 0.533. The van der Waals surface area contributed by atoms with E-state index in [-0.39, 0.29) is 16.1 Å². The van der Waals surface area contributed by atoms with Crippen molar-refractivity contribution in [1.82, 2.24) is 4.98 Å². The summed E-state index contributed by atoms with van der Waals surface area (Å²) in [7, 11) is 1.24. The minimum atomic E-state index is -0.602. The van der Waals surface area contributed by atoms with Gasteiger partial charge in [-0.15, -0.1) is 0 Å². The molecule has 1 amide bonds. The Morgan fingerprint density at radius 3 is 2.70 bits per heavy atom. The van der Waals surface area contributed by atoms with E-state index in [1.807, 2.05) is 18.2 Å². The van der Waals surface area contributed by atoms with Crippen molar-refractivity contribution in [2.24, 2.45) is 0 Å². The van der Waals surface area contributed by atoms with Crippen molar-refractivity contribution in [2.45, 2.75) is 0 Å². The molecule has 0 aliphatic rings. The van der Waals surface area contributed by atoms with Gasteiger partial charge >= 0.3 is 5.97 Å². The van der Waals surface area contributed by atoms with Gasteiger partial charge in [-0.25, -0.2) is 4.79 Å². The number of hydrogen-bond acceptors (Lipinski definition) is 4. The van der Waals surface area contributed by atoms with Crippen LogP contribution >= 0.6 is 11.6 Å².